The molecule has 1 aromatic heterocycles. The fraction of sp³-hybridized carbons (Fsp3) is 0.433. The quantitative estimate of drug-likeness (QED) is 0.339. The minimum Gasteiger partial charge on any atom is -0.492 e. The van der Waals surface area contributed by atoms with Gasteiger partial charge in [0.2, 0.25) is 0 Å². The summed E-state index contributed by atoms with van der Waals surface area (Å²) in [6, 6.07) is 5.46. The van der Waals surface area contributed by atoms with Crippen LogP contribution in [0.2, 0.25) is 0 Å². The average Bonchev–Trinajstić information content (AvgIpc) is 2.98. The topological polar surface area (TPSA) is 152 Å². The Morgan fingerprint density at radius 3 is 2.73 bits per heavy atom. The van der Waals surface area contributed by atoms with E-state index in [1.165, 1.54) is 30.3 Å². The van der Waals surface area contributed by atoms with Gasteiger partial charge in [0.15, 0.2) is 11.6 Å². The molecule has 3 amide bonds. The summed E-state index contributed by atoms with van der Waals surface area (Å²) < 4.78 is 36.4. The van der Waals surface area contributed by atoms with Gasteiger partial charge in [-0.05, 0) is 39.0 Å². The first-order valence-electron chi connectivity index (χ1n) is 14.2. The van der Waals surface area contributed by atoms with E-state index in [0.29, 0.717) is 23.6 Å². The zero-order valence-corrected chi connectivity index (χ0v) is 26.2. The van der Waals surface area contributed by atoms with E-state index in [0.717, 1.165) is 4.90 Å². The Morgan fingerprint density at radius 2 is 2.02 bits per heavy atom. The number of anilines is 1. The molecule has 13 nitrogen and oxygen atoms in total. The molecule has 2 aliphatic rings. The number of methoxy groups -OCH3 is 1. The van der Waals surface area contributed by atoms with Crippen LogP contribution in [0.4, 0.5) is 19.7 Å². The number of nitrogens with one attached hydrogen (secondary N) is 2. The fourth-order valence-electron chi connectivity index (χ4n) is 4.73. The second-order valence-electron chi connectivity index (χ2n) is 11.2. The highest BCUT2D eigenvalue weighted by atomic mass is 32.1. The lowest BCUT2D eigenvalue weighted by atomic mass is 10.0. The van der Waals surface area contributed by atoms with Gasteiger partial charge in [0.05, 0.1) is 43.8 Å². The first kappa shape index (κ1) is 33.4. The highest BCUT2D eigenvalue weighted by Gasteiger charge is 2.36. The van der Waals surface area contributed by atoms with Crippen LogP contribution in [0.15, 0.2) is 47.9 Å². The molecule has 1 fully saturated rings. The van der Waals surface area contributed by atoms with Crippen molar-refractivity contribution in [3.8, 4) is 11.5 Å². The highest BCUT2D eigenvalue weighted by Crippen LogP contribution is 2.30. The van der Waals surface area contributed by atoms with Crippen LogP contribution in [0, 0.1) is 5.82 Å². The maximum atomic E-state index is 14.4. The van der Waals surface area contributed by atoms with Crippen LogP contribution < -0.4 is 20.1 Å². The van der Waals surface area contributed by atoms with Gasteiger partial charge in [-0.25, -0.2) is 18.9 Å². The van der Waals surface area contributed by atoms with Crippen LogP contribution in [-0.2, 0) is 20.8 Å². The summed E-state index contributed by atoms with van der Waals surface area (Å²) in [4.78, 5) is 44.6. The van der Waals surface area contributed by atoms with Crippen molar-refractivity contribution in [2.45, 2.75) is 45.4 Å². The molecule has 0 unspecified atom stereocenters. The molecular formula is C30H36FN5O8S. The molecule has 0 aliphatic carbocycles. The number of hydrogen-bond donors (Lipinski definition) is 3. The van der Waals surface area contributed by atoms with Crippen molar-refractivity contribution in [2.75, 3.05) is 45.3 Å². The van der Waals surface area contributed by atoms with Crippen molar-refractivity contribution in [3.05, 3.63) is 59.3 Å². The predicted molar refractivity (Wildman–Crippen MR) is 165 cm³/mol. The lowest BCUT2D eigenvalue weighted by Crippen LogP contribution is -2.50. The van der Waals surface area contributed by atoms with E-state index in [9.17, 15) is 23.9 Å². The van der Waals surface area contributed by atoms with E-state index in [1.807, 2.05) is 0 Å². The number of benzene rings is 1. The van der Waals surface area contributed by atoms with Crippen molar-refractivity contribution in [2.24, 2.45) is 0 Å². The number of hydrogen-bond acceptors (Lipinski definition) is 10. The van der Waals surface area contributed by atoms with Gasteiger partial charge < -0.3 is 34.7 Å². The van der Waals surface area contributed by atoms with E-state index < -0.39 is 35.6 Å². The monoisotopic (exact) mass is 645 g/mol. The van der Waals surface area contributed by atoms with E-state index in [-0.39, 0.29) is 61.3 Å². The number of thiocarbonyl (C=S) groups is 1. The molecule has 0 spiro atoms. The normalized spacial score (nSPS) is 17.1. The SMILES string of the molecule is COc1c(F)cccc1NC(=S)C1=C(NCc2ccncc2OC[C@H]2COCCN2C(=O)O)CCN(C(=O)OC(C)(C)C)C1=O. The highest BCUT2D eigenvalue weighted by molar-refractivity contribution is 7.81. The molecule has 3 N–H and O–H groups in total. The van der Waals surface area contributed by atoms with Crippen LogP contribution in [-0.4, -0.2) is 94.6 Å². The van der Waals surface area contributed by atoms with Crippen LogP contribution in [0.25, 0.3) is 0 Å². The third kappa shape index (κ3) is 8.36. The molecule has 3 heterocycles. The van der Waals surface area contributed by atoms with E-state index in [4.69, 9.17) is 31.2 Å². The van der Waals surface area contributed by atoms with Crippen molar-refractivity contribution in [3.63, 3.8) is 0 Å². The number of nitrogens with zero attached hydrogens (tertiary/aromatic N) is 3. The molecule has 0 radical (unpaired) electrons. The molecule has 1 saturated heterocycles. The summed E-state index contributed by atoms with van der Waals surface area (Å²) in [5.74, 6) is -1.00. The lowest BCUT2D eigenvalue weighted by Gasteiger charge is -2.33. The Kier molecular flexibility index (Phi) is 10.8. The number of carboxylic acid groups (broad SMARTS) is 1. The smallest absolute Gasteiger partial charge is 0.417 e. The van der Waals surface area contributed by atoms with Crippen LogP contribution in [0.3, 0.4) is 0 Å². The lowest BCUT2D eigenvalue weighted by molar-refractivity contribution is -0.126. The van der Waals surface area contributed by atoms with Crippen molar-refractivity contribution in [1.29, 1.82) is 0 Å². The first-order valence-corrected chi connectivity index (χ1v) is 14.6. The molecule has 242 valence electrons. The van der Waals surface area contributed by atoms with Gasteiger partial charge in [0.1, 0.15) is 22.9 Å². The molecule has 4 rings (SSSR count). The van der Waals surface area contributed by atoms with Gasteiger partial charge >= 0.3 is 12.2 Å². The maximum absolute atomic E-state index is 14.4. The Hall–Kier alpha value is -4.50. The Balaban J connectivity index is 1.58. The molecule has 0 saturated carbocycles. The van der Waals surface area contributed by atoms with Gasteiger partial charge in [-0.1, -0.05) is 18.3 Å². The Labute approximate surface area is 265 Å². The minimum atomic E-state index is -1.05. The second-order valence-corrected chi connectivity index (χ2v) is 11.6. The molecule has 15 heteroatoms. The second kappa shape index (κ2) is 14.5. The number of morpholine rings is 1. The standard InChI is InChI=1S/C30H36FN5O8S/c1-30(2,3)44-29(40)36-11-9-21(24(27(36)37)26(45)34-22-7-5-6-20(31)25(22)41-4)33-14-18-8-10-32-15-23(18)43-17-19-16-42-13-12-35(19)28(38)39/h5-8,10,15,19,33H,9,11-14,16-17H2,1-4H3,(H,34,45)(H,38,39)/t19-/m1/s1. The Morgan fingerprint density at radius 1 is 1.24 bits per heavy atom. The van der Waals surface area contributed by atoms with Gasteiger partial charge in [-0.15, -0.1) is 0 Å². The van der Waals surface area contributed by atoms with Gasteiger partial charge in [0, 0.05) is 43.5 Å². The summed E-state index contributed by atoms with van der Waals surface area (Å²) in [5, 5.41) is 15.6. The number of para-hydroxylation sites is 1. The van der Waals surface area contributed by atoms with Crippen molar-refractivity contribution in [1.82, 2.24) is 20.1 Å². The predicted octanol–water partition coefficient (Wildman–Crippen LogP) is 3.94. The number of aromatic nitrogens is 1. The Bertz CT molecular complexity index is 1480. The average molecular weight is 646 g/mol. The van der Waals surface area contributed by atoms with E-state index >= 15 is 0 Å². The summed E-state index contributed by atoms with van der Waals surface area (Å²) in [6.45, 7) is 6.09. The van der Waals surface area contributed by atoms with Gasteiger partial charge in [0.25, 0.3) is 5.91 Å². The van der Waals surface area contributed by atoms with Crippen molar-refractivity contribution >= 4 is 41.0 Å². The zero-order valence-electron chi connectivity index (χ0n) is 25.4. The zero-order chi connectivity index (χ0) is 32.7. The third-order valence-corrected chi connectivity index (χ3v) is 7.18. The minimum absolute atomic E-state index is 0.00130. The number of rotatable bonds is 9. The summed E-state index contributed by atoms with van der Waals surface area (Å²) >= 11 is 5.63. The summed E-state index contributed by atoms with van der Waals surface area (Å²) in [6.07, 6.45) is 1.44. The number of carbonyl (C=O) groups is 3. The number of imide groups is 1. The van der Waals surface area contributed by atoms with E-state index in [2.05, 4.69) is 15.6 Å². The molecular weight excluding hydrogens is 609 g/mol. The number of halogens is 1. The largest absolute Gasteiger partial charge is 0.492 e. The van der Waals surface area contributed by atoms with Gasteiger partial charge in [-0.3, -0.25) is 14.7 Å². The number of amides is 3. The molecule has 2 aromatic rings. The molecule has 2 aliphatic heterocycles. The summed E-state index contributed by atoms with van der Waals surface area (Å²) in [5.41, 5.74) is 0.470. The number of pyridine rings is 1. The van der Waals surface area contributed by atoms with E-state index in [1.54, 1.807) is 39.1 Å². The van der Waals surface area contributed by atoms with Crippen LogP contribution >= 0.6 is 12.2 Å². The molecule has 0 bridgehead atoms. The van der Waals surface area contributed by atoms with Crippen LogP contribution in [0.1, 0.15) is 32.8 Å². The number of carbonyl (C=O) groups excluding carboxylic acids is 2. The maximum Gasteiger partial charge on any atom is 0.417 e. The molecule has 1 aromatic carbocycles. The molecule has 45 heavy (non-hydrogen) atoms. The summed E-state index contributed by atoms with van der Waals surface area (Å²) in [7, 11) is 1.31. The van der Waals surface area contributed by atoms with Crippen LogP contribution in [0.5, 0.6) is 11.5 Å². The molecule has 1 atom stereocenters. The van der Waals surface area contributed by atoms with Gasteiger partial charge in [-0.2, -0.15) is 0 Å². The number of ether oxygens (including phenoxy) is 4. The first-order chi connectivity index (χ1) is 21.4. The van der Waals surface area contributed by atoms with Crippen molar-refractivity contribution < 1.29 is 42.8 Å². The third-order valence-electron chi connectivity index (χ3n) is 6.87. The fourth-order valence-corrected chi connectivity index (χ4v) is 5.05.